The number of aromatic nitrogens is 1. The zero-order valence-electron chi connectivity index (χ0n) is 20.8. The van der Waals surface area contributed by atoms with Crippen LogP contribution >= 0.6 is 0 Å². The third-order valence-electron chi connectivity index (χ3n) is 7.65. The Hall–Kier alpha value is -4.00. The molecular formula is C30H26F2N2O3. The molecule has 188 valence electrons. The van der Waals surface area contributed by atoms with Crippen LogP contribution in [-0.2, 0) is 4.74 Å². The van der Waals surface area contributed by atoms with E-state index in [9.17, 15) is 13.9 Å². The van der Waals surface area contributed by atoms with Crippen molar-refractivity contribution in [2.45, 2.75) is 51.2 Å². The van der Waals surface area contributed by atoms with E-state index in [4.69, 9.17) is 14.5 Å². The van der Waals surface area contributed by atoms with Gasteiger partial charge in [0.25, 0.3) is 0 Å². The van der Waals surface area contributed by atoms with Crippen LogP contribution in [0, 0.1) is 18.6 Å². The number of hydrogen-bond donors (Lipinski definition) is 1. The molecular weight excluding hydrogens is 474 g/mol. The van der Waals surface area contributed by atoms with Gasteiger partial charge in [-0.05, 0) is 99.7 Å². The lowest BCUT2D eigenvalue weighted by molar-refractivity contribution is 0.0580. The zero-order chi connectivity index (χ0) is 25.9. The highest BCUT2D eigenvalue weighted by Crippen LogP contribution is 2.49. The highest BCUT2D eigenvalue weighted by Gasteiger charge is 2.55. The molecule has 1 saturated carbocycles. The van der Waals surface area contributed by atoms with Gasteiger partial charge >= 0.3 is 0 Å². The first-order valence-electron chi connectivity index (χ1n) is 12.3. The van der Waals surface area contributed by atoms with E-state index in [1.54, 1.807) is 36.4 Å². The second-order valence-electron chi connectivity index (χ2n) is 10.3. The molecule has 7 heteroatoms. The molecule has 4 aromatic rings. The Bertz CT molecular complexity index is 1580. The molecule has 0 bridgehead atoms. The van der Waals surface area contributed by atoms with E-state index < -0.39 is 17.2 Å². The first-order valence-corrected chi connectivity index (χ1v) is 12.3. The second-order valence-corrected chi connectivity index (χ2v) is 10.3. The summed E-state index contributed by atoms with van der Waals surface area (Å²) < 4.78 is 42.0. The zero-order valence-corrected chi connectivity index (χ0v) is 20.8. The van der Waals surface area contributed by atoms with Crippen molar-refractivity contribution in [2.75, 3.05) is 0 Å². The van der Waals surface area contributed by atoms with Crippen LogP contribution in [0.2, 0.25) is 0 Å². The number of ether oxygens (including phenoxy) is 2. The van der Waals surface area contributed by atoms with Crippen molar-refractivity contribution in [1.29, 1.82) is 0 Å². The largest absolute Gasteiger partial charge is 0.506 e. The van der Waals surface area contributed by atoms with Gasteiger partial charge in [-0.3, -0.25) is 0 Å². The summed E-state index contributed by atoms with van der Waals surface area (Å²) >= 11 is 0. The van der Waals surface area contributed by atoms with E-state index >= 15 is 0 Å². The third kappa shape index (κ3) is 3.89. The summed E-state index contributed by atoms with van der Waals surface area (Å²) in [4.78, 5) is 9.38. The molecule has 1 fully saturated rings. The second kappa shape index (κ2) is 8.26. The van der Waals surface area contributed by atoms with Gasteiger partial charge in [0.1, 0.15) is 39.8 Å². The Balaban J connectivity index is 1.46. The quantitative estimate of drug-likeness (QED) is 0.316. The van der Waals surface area contributed by atoms with Gasteiger partial charge in [0.05, 0.1) is 5.56 Å². The predicted molar refractivity (Wildman–Crippen MR) is 138 cm³/mol. The molecule has 0 unspecified atom stereocenters. The molecule has 0 spiro atoms. The molecule has 5 nitrogen and oxygen atoms in total. The molecule has 1 N–H and O–H groups in total. The average molecular weight is 501 g/mol. The molecule has 37 heavy (non-hydrogen) atoms. The van der Waals surface area contributed by atoms with Crippen LogP contribution in [0.3, 0.4) is 0 Å². The van der Waals surface area contributed by atoms with Crippen LogP contribution in [0.25, 0.3) is 22.0 Å². The number of pyridine rings is 1. The Labute approximate surface area is 213 Å². The molecule has 6 rings (SSSR count). The normalized spacial score (nSPS) is 22.6. The van der Waals surface area contributed by atoms with Crippen LogP contribution in [-0.4, -0.2) is 27.1 Å². The van der Waals surface area contributed by atoms with E-state index in [-0.39, 0.29) is 22.7 Å². The molecule has 2 heterocycles. The van der Waals surface area contributed by atoms with Crippen LogP contribution in [0.1, 0.15) is 44.2 Å². The van der Waals surface area contributed by atoms with Gasteiger partial charge in [-0.1, -0.05) is 6.07 Å². The fourth-order valence-corrected chi connectivity index (χ4v) is 5.44. The lowest BCUT2D eigenvalue weighted by Crippen LogP contribution is -2.41. The van der Waals surface area contributed by atoms with Crippen molar-refractivity contribution < 1.29 is 23.4 Å². The Kier molecular flexibility index (Phi) is 5.23. The van der Waals surface area contributed by atoms with E-state index in [1.807, 2.05) is 13.0 Å². The standard InChI is InChI=1S/C30H26F2N2O3/c1-17-12-18-8-9-25(33-27(18)24(35)13-17)36-21-15-19(26-22(31)6-4-7-23(26)32)14-20(16-21)28-34-29(2)10-5-11-30(29,3)37-28/h4,6-9,12-16,35H,5,10-11H2,1-3H3/t29-,30+/m0/s1. The lowest BCUT2D eigenvalue weighted by Gasteiger charge is -2.30. The number of benzene rings is 3. The highest BCUT2D eigenvalue weighted by molar-refractivity contribution is 5.98. The minimum absolute atomic E-state index is 0.0463. The van der Waals surface area contributed by atoms with Crippen LogP contribution in [0.5, 0.6) is 17.4 Å². The fraction of sp³-hybridized carbons (Fsp3) is 0.267. The lowest BCUT2D eigenvalue weighted by atomic mass is 9.87. The predicted octanol–water partition coefficient (Wildman–Crippen LogP) is 7.46. The van der Waals surface area contributed by atoms with Gasteiger partial charge in [-0.2, -0.15) is 0 Å². The molecule has 0 radical (unpaired) electrons. The molecule has 2 atom stereocenters. The molecule has 0 saturated heterocycles. The number of aliphatic imine (C=N–C) groups is 1. The Morgan fingerprint density at radius 1 is 0.946 bits per heavy atom. The molecule has 1 aromatic heterocycles. The third-order valence-corrected chi connectivity index (χ3v) is 7.65. The molecule has 1 aliphatic carbocycles. The highest BCUT2D eigenvalue weighted by atomic mass is 19.1. The van der Waals surface area contributed by atoms with E-state index in [1.165, 1.54) is 18.2 Å². The molecule has 2 aliphatic rings. The number of hydrogen-bond acceptors (Lipinski definition) is 5. The van der Waals surface area contributed by atoms with Gasteiger partial charge in [0.2, 0.25) is 11.8 Å². The first kappa shape index (κ1) is 23.4. The van der Waals surface area contributed by atoms with Gasteiger partial charge in [0.15, 0.2) is 0 Å². The summed E-state index contributed by atoms with van der Waals surface area (Å²) in [5.74, 6) is -0.353. The number of phenols is 1. The number of aromatic hydroxyl groups is 1. The maximum atomic E-state index is 14.8. The number of rotatable bonds is 4. The van der Waals surface area contributed by atoms with Crippen molar-refractivity contribution in [2.24, 2.45) is 4.99 Å². The van der Waals surface area contributed by atoms with Crippen LogP contribution in [0.4, 0.5) is 8.78 Å². The molecule has 1 aliphatic heterocycles. The molecule has 0 amide bonds. The molecule has 3 aromatic carbocycles. The number of phenolic OH excluding ortho intramolecular Hbond substituents is 1. The average Bonchev–Trinajstić information content (AvgIpc) is 3.26. The maximum Gasteiger partial charge on any atom is 0.219 e. The van der Waals surface area contributed by atoms with Gasteiger partial charge in [-0.15, -0.1) is 0 Å². The summed E-state index contributed by atoms with van der Waals surface area (Å²) in [5.41, 5.74) is 1.21. The summed E-state index contributed by atoms with van der Waals surface area (Å²) in [6.07, 6.45) is 2.81. The smallest absolute Gasteiger partial charge is 0.219 e. The number of fused-ring (bicyclic) bond motifs is 2. The van der Waals surface area contributed by atoms with Crippen LogP contribution < -0.4 is 4.74 Å². The van der Waals surface area contributed by atoms with E-state index in [0.717, 1.165) is 30.2 Å². The summed E-state index contributed by atoms with van der Waals surface area (Å²) in [5, 5.41) is 11.2. The van der Waals surface area contributed by atoms with Crippen molar-refractivity contribution >= 4 is 16.8 Å². The van der Waals surface area contributed by atoms with Crippen molar-refractivity contribution in [3.8, 4) is 28.5 Å². The van der Waals surface area contributed by atoms with Gasteiger partial charge in [0, 0.05) is 17.0 Å². The van der Waals surface area contributed by atoms with Crippen molar-refractivity contribution in [3.05, 3.63) is 83.4 Å². The van der Waals surface area contributed by atoms with Gasteiger partial charge in [-0.25, -0.2) is 18.8 Å². The fourth-order valence-electron chi connectivity index (χ4n) is 5.44. The monoisotopic (exact) mass is 500 g/mol. The summed E-state index contributed by atoms with van der Waals surface area (Å²) in [6, 6.07) is 15.8. The Morgan fingerprint density at radius 2 is 1.70 bits per heavy atom. The topological polar surface area (TPSA) is 63.9 Å². The number of aryl methyl sites for hydroxylation is 1. The van der Waals surface area contributed by atoms with Crippen molar-refractivity contribution in [1.82, 2.24) is 4.98 Å². The summed E-state index contributed by atoms with van der Waals surface area (Å²) in [7, 11) is 0. The van der Waals surface area contributed by atoms with Crippen LogP contribution in [0.15, 0.2) is 65.7 Å². The number of nitrogens with zero attached hydrogens (tertiary/aromatic N) is 2. The SMILES string of the molecule is Cc1cc(O)c2nc(Oc3cc(C4=N[C@@]5(C)CCC[C@@]5(C)O4)cc(-c4c(F)cccc4F)c3)ccc2c1. The van der Waals surface area contributed by atoms with E-state index in [2.05, 4.69) is 18.8 Å². The van der Waals surface area contributed by atoms with Gasteiger partial charge < -0.3 is 14.6 Å². The minimum Gasteiger partial charge on any atom is -0.506 e. The van der Waals surface area contributed by atoms with E-state index in [0.29, 0.717) is 28.3 Å². The van der Waals surface area contributed by atoms with Crippen molar-refractivity contribution in [3.63, 3.8) is 0 Å². The minimum atomic E-state index is -0.683. The first-order chi connectivity index (χ1) is 17.6. The Morgan fingerprint density at radius 3 is 2.46 bits per heavy atom. The summed E-state index contributed by atoms with van der Waals surface area (Å²) in [6.45, 7) is 6.03. The number of halogens is 2. The maximum absolute atomic E-state index is 14.8.